The van der Waals surface area contributed by atoms with E-state index < -0.39 is 0 Å². The van der Waals surface area contributed by atoms with Crippen molar-refractivity contribution in [2.75, 3.05) is 6.61 Å². The second-order valence-corrected chi connectivity index (χ2v) is 14.2. The van der Waals surface area contributed by atoms with E-state index in [1.807, 2.05) is 6.92 Å². The molecule has 0 radical (unpaired) electrons. The van der Waals surface area contributed by atoms with Crippen molar-refractivity contribution in [3.8, 4) is 0 Å². The third-order valence-electron chi connectivity index (χ3n) is 12.5. The number of hydrogen-bond acceptors (Lipinski definition) is 5. The minimum atomic E-state index is -0.317. The van der Waals surface area contributed by atoms with Crippen LogP contribution < -0.4 is 0 Å². The Morgan fingerprint density at radius 3 is 2.51 bits per heavy atom. The van der Waals surface area contributed by atoms with Crippen LogP contribution in [0.5, 0.6) is 0 Å². The lowest BCUT2D eigenvalue weighted by molar-refractivity contribution is -0.156. The van der Waals surface area contributed by atoms with Gasteiger partial charge in [-0.2, -0.15) is 0 Å². The summed E-state index contributed by atoms with van der Waals surface area (Å²) in [6, 6.07) is 0. The van der Waals surface area contributed by atoms with E-state index in [9.17, 15) is 14.7 Å². The summed E-state index contributed by atoms with van der Waals surface area (Å²) in [6.45, 7) is 15.6. The molecule has 5 heteroatoms. The summed E-state index contributed by atoms with van der Waals surface area (Å²) < 4.78 is 11.8. The lowest BCUT2D eigenvalue weighted by Gasteiger charge is -2.62. The number of cyclic esters (lactones) is 1. The second-order valence-electron chi connectivity index (χ2n) is 14.2. The zero-order chi connectivity index (χ0) is 27.0. The number of aliphatic hydroxyl groups is 1. The van der Waals surface area contributed by atoms with Crippen molar-refractivity contribution in [1.29, 1.82) is 0 Å². The van der Waals surface area contributed by atoms with Gasteiger partial charge in [0.25, 0.3) is 0 Å². The van der Waals surface area contributed by atoms with Crippen LogP contribution in [0.25, 0.3) is 0 Å². The summed E-state index contributed by atoms with van der Waals surface area (Å²) in [5.41, 5.74) is 3.78. The summed E-state index contributed by atoms with van der Waals surface area (Å²) in [4.78, 5) is 24.4. The lowest BCUT2D eigenvalue weighted by atomic mass is 9.43. The molecule has 0 spiro atoms. The molecule has 4 aliphatic carbocycles. The zero-order valence-electron chi connectivity index (χ0n) is 24.1. The summed E-state index contributed by atoms with van der Waals surface area (Å²) in [7, 11) is 0. The molecular weight excluding hydrogens is 464 g/mol. The molecule has 5 rings (SSSR count). The van der Waals surface area contributed by atoms with Gasteiger partial charge in [0.15, 0.2) is 0 Å². The average molecular weight is 513 g/mol. The first kappa shape index (κ1) is 27.0. The average Bonchev–Trinajstić information content (AvgIpc) is 3.13. The zero-order valence-corrected chi connectivity index (χ0v) is 24.1. The van der Waals surface area contributed by atoms with Gasteiger partial charge in [-0.15, -0.1) is 0 Å². The first-order chi connectivity index (χ1) is 17.3. The molecule has 1 heterocycles. The molecule has 1 aliphatic heterocycles. The van der Waals surface area contributed by atoms with Crippen LogP contribution in [0.3, 0.4) is 0 Å². The van der Waals surface area contributed by atoms with E-state index >= 15 is 0 Å². The van der Waals surface area contributed by atoms with Crippen molar-refractivity contribution in [3.05, 3.63) is 22.8 Å². The van der Waals surface area contributed by atoms with Gasteiger partial charge in [-0.25, -0.2) is 4.79 Å². The minimum Gasteiger partial charge on any atom is -0.465 e. The van der Waals surface area contributed by atoms with Crippen molar-refractivity contribution in [2.45, 2.75) is 118 Å². The first-order valence-electron chi connectivity index (χ1n) is 14.7. The molecule has 2 fully saturated rings. The molecular formula is C32H48O5. The normalized spacial score (nSPS) is 43.7. The van der Waals surface area contributed by atoms with Crippen molar-refractivity contribution in [1.82, 2.24) is 0 Å². The smallest absolute Gasteiger partial charge is 0.333 e. The lowest BCUT2D eigenvalue weighted by Crippen LogP contribution is -2.57. The maximum Gasteiger partial charge on any atom is 0.333 e. The maximum atomic E-state index is 12.3. The van der Waals surface area contributed by atoms with Crippen LogP contribution in [0.2, 0.25) is 0 Å². The summed E-state index contributed by atoms with van der Waals surface area (Å²) >= 11 is 0. The van der Waals surface area contributed by atoms with Crippen LogP contribution in [0.15, 0.2) is 22.8 Å². The number of hydrogen-bond donors (Lipinski definition) is 1. The van der Waals surface area contributed by atoms with E-state index in [2.05, 4.69) is 40.7 Å². The molecule has 37 heavy (non-hydrogen) atoms. The van der Waals surface area contributed by atoms with Gasteiger partial charge in [-0.3, -0.25) is 4.79 Å². The van der Waals surface area contributed by atoms with Crippen LogP contribution in [-0.2, 0) is 19.1 Å². The minimum absolute atomic E-state index is 0.0394. The fourth-order valence-electron chi connectivity index (χ4n) is 10.0. The van der Waals surface area contributed by atoms with E-state index in [1.54, 1.807) is 11.1 Å². The van der Waals surface area contributed by atoms with Gasteiger partial charge in [-0.05, 0) is 92.3 Å². The van der Waals surface area contributed by atoms with Crippen LogP contribution in [-0.4, -0.2) is 35.9 Å². The summed E-state index contributed by atoms with van der Waals surface area (Å²) in [5, 5.41) is 11.0. The maximum absolute atomic E-state index is 12.3. The molecule has 5 nitrogen and oxygen atoms in total. The molecule has 0 amide bonds. The van der Waals surface area contributed by atoms with Crippen LogP contribution in [0.4, 0.5) is 0 Å². The molecule has 0 saturated heterocycles. The third kappa shape index (κ3) is 3.80. The Bertz CT molecular complexity index is 1040. The number of allylic oxidation sites excluding steroid dienone is 1. The Hall–Kier alpha value is -1.62. The molecule has 0 aromatic carbocycles. The van der Waals surface area contributed by atoms with Crippen molar-refractivity contribution in [2.24, 2.45) is 39.4 Å². The molecule has 0 aromatic rings. The highest BCUT2D eigenvalue weighted by molar-refractivity contribution is 5.88. The topological polar surface area (TPSA) is 72.8 Å². The fraction of sp³-hybridized carbons (Fsp3) is 0.812. The Kier molecular flexibility index (Phi) is 6.53. The van der Waals surface area contributed by atoms with Gasteiger partial charge < -0.3 is 14.6 Å². The SMILES string of the molecule is CC(=O)OC[C@]12CC[C@H](O)C(C)(C)[C@@H]1CCC1=C2CC[C@]2(C)[C@@H]([C@H](C)[C@@H]3CC=C(C)C(=O)O3)CC[C@@]12C. The van der Waals surface area contributed by atoms with Crippen LogP contribution in [0.1, 0.15) is 106 Å². The van der Waals surface area contributed by atoms with Gasteiger partial charge in [0, 0.05) is 24.3 Å². The van der Waals surface area contributed by atoms with Gasteiger partial charge in [0.1, 0.15) is 12.7 Å². The monoisotopic (exact) mass is 512 g/mol. The van der Waals surface area contributed by atoms with E-state index in [0.717, 1.165) is 63.4 Å². The number of fused-ring (bicyclic) bond motifs is 4. The summed E-state index contributed by atoms with van der Waals surface area (Å²) in [6.07, 6.45) is 10.8. The predicted octanol–water partition coefficient (Wildman–Crippen LogP) is 6.54. The summed E-state index contributed by atoms with van der Waals surface area (Å²) in [5.74, 6) is 0.760. The molecule has 1 N–H and O–H groups in total. The van der Waals surface area contributed by atoms with Crippen LogP contribution >= 0.6 is 0 Å². The number of rotatable bonds is 4. The highest BCUT2D eigenvalue weighted by Crippen LogP contribution is 2.72. The van der Waals surface area contributed by atoms with Gasteiger partial charge in [0.05, 0.1) is 6.10 Å². The van der Waals surface area contributed by atoms with Gasteiger partial charge in [-0.1, -0.05) is 51.8 Å². The van der Waals surface area contributed by atoms with E-state index in [1.165, 1.54) is 6.92 Å². The Morgan fingerprint density at radius 1 is 1.11 bits per heavy atom. The molecule has 0 aromatic heterocycles. The largest absolute Gasteiger partial charge is 0.465 e. The van der Waals surface area contributed by atoms with Crippen molar-refractivity contribution >= 4 is 11.9 Å². The quantitative estimate of drug-likeness (QED) is 0.342. The Balaban J connectivity index is 1.52. The standard InChI is InChI=1S/C32H48O5/c1-19-8-10-25(37-28(19)35)20(2)22-12-15-31(7)23-9-11-26-29(4,5)27(34)14-17-32(26,18-36-21(3)33)24(23)13-16-30(22,31)6/h8,20,22,25-27,34H,9-18H2,1-7H3/t20-,22+,25-,26-,27-,30+,31-,32-/m0/s1. The second kappa shape index (κ2) is 8.96. The number of esters is 2. The van der Waals surface area contributed by atoms with Crippen molar-refractivity contribution in [3.63, 3.8) is 0 Å². The number of carbonyl (C=O) groups is 2. The number of ether oxygens (including phenoxy) is 2. The third-order valence-corrected chi connectivity index (χ3v) is 12.5. The predicted molar refractivity (Wildman–Crippen MR) is 143 cm³/mol. The molecule has 0 unspecified atom stereocenters. The fourth-order valence-corrected chi connectivity index (χ4v) is 10.0. The highest BCUT2D eigenvalue weighted by atomic mass is 16.5. The van der Waals surface area contributed by atoms with E-state index in [4.69, 9.17) is 9.47 Å². The highest BCUT2D eigenvalue weighted by Gasteiger charge is 2.65. The van der Waals surface area contributed by atoms with E-state index in [0.29, 0.717) is 24.4 Å². The van der Waals surface area contributed by atoms with Crippen LogP contribution in [0, 0.1) is 39.4 Å². The molecule has 206 valence electrons. The van der Waals surface area contributed by atoms with E-state index in [-0.39, 0.29) is 45.8 Å². The number of carbonyl (C=O) groups excluding carboxylic acids is 2. The number of aliphatic hydroxyl groups excluding tert-OH is 1. The Morgan fingerprint density at radius 2 is 1.84 bits per heavy atom. The van der Waals surface area contributed by atoms with Gasteiger partial charge in [0.2, 0.25) is 0 Å². The molecule has 8 atom stereocenters. The molecule has 2 saturated carbocycles. The van der Waals surface area contributed by atoms with Crippen molar-refractivity contribution < 1.29 is 24.2 Å². The Labute approximate surface area is 223 Å². The first-order valence-corrected chi connectivity index (χ1v) is 14.7. The molecule has 0 bridgehead atoms. The van der Waals surface area contributed by atoms with Gasteiger partial charge >= 0.3 is 11.9 Å². The molecule has 5 aliphatic rings.